The average molecular weight is 199 g/mol. The summed E-state index contributed by atoms with van der Waals surface area (Å²) in [5.41, 5.74) is 5.63. The molecule has 1 aliphatic carbocycles. The number of carbonyl (C=O) groups excluding carboxylic acids is 1. The maximum atomic E-state index is 11.4. The highest BCUT2D eigenvalue weighted by molar-refractivity contribution is 5.73. The number of hydrogen-bond acceptors (Lipinski definition) is 2. The molecular formula is C10H21N3O. The molecule has 0 aromatic heterocycles. The fourth-order valence-corrected chi connectivity index (χ4v) is 1.94. The molecule has 2 unspecified atom stereocenters. The van der Waals surface area contributed by atoms with E-state index in [1.165, 1.54) is 12.8 Å². The lowest BCUT2D eigenvalue weighted by Crippen LogP contribution is -2.44. The number of rotatable bonds is 2. The van der Waals surface area contributed by atoms with Crippen molar-refractivity contribution < 1.29 is 4.79 Å². The van der Waals surface area contributed by atoms with E-state index in [1.54, 1.807) is 19.0 Å². The van der Waals surface area contributed by atoms with Gasteiger partial charge in [0.25, 0.3) is 0 Å². The Labute approximate surface area is 85.8 Å². The summed E-state index contributed by atoms with van der Waals surface area (Å²) in [5, 5.41) is 3.01. The van der Waals surface area contributed by atoms with Gasteiger partial charge in [-0.05, 0) is 31.7 Å². The van der Waals surface area contributed by atoms with Gasteiger partial charge in [0.05, 0.1) is 0 Å². The smallest absolute Gasteiger partial charge is 0.317 e. The largest absolute Gasteiger partial charge is 0.335 e. The summed E-state index contributed by atoms with van der Waals surface area (Å²) in [6.07, 6.45) is 4.53. The first-order valence-corrected chi connectivity index (χ1v) is 5.31. The molecule has 14 heavy (non-hydrogen) atoms. The van der Waals surface area contributed by atoms with Gasteiger partial charge in [0.15, 0.2) is 0 Å². The Kier molecular flexibility index (Phi) is 4.20. The molecule has 0 aromatic carbocycles. The van der Waals surface area contributed by atoms with Gasteiger partial charge >= 0.3 is 6.03 Å². The van der Waals surface area contributed by atoms with Crippen molar-refractivity contribution in [2.45, 2.75) is 31.7 Å². The van der Waals surface area contributed by atoms with Crippen LogP contribution >= 0.6 is 0 Å². The van der Waals surface area contributed by atoms with E-state index >= 15 is 0 Å². The van der Waals surface area contributed by atoms with E-state index in [0.717, 1.165) is 19.4 Å². The van der Waals surface area contributed by atoms with Crippen LogP contribution in [0.25, 0.3) is 0 Å². The molecule has 0 spiro atoms. The Morgan fingerprint density at radius 2 is 2.21 bits per heavy atom. The number of urea groups is 1. The van der Waals surface area contributed by atoms with Gasteiger partial charge in [0.2, 0.25) is 0 Å². The van der Waals surface area contributed by atoms with Crippen molar-refractivity contribution in [2.24, 2.45) is 11.7 Å². The zero-order valence-corrected chi connectivity index (χ0v) is 9.12. The van der Waals surface area contributed by atoms with Crippen LogP contribution in [-0.2, 0) is 0 Å². The molecule has 0 saturated heterocycles. The predicted molar refractivity (Wildman–Crippen MR) is 57.0 cm³/mol. The van der Waals surface area contributed by atoms with Crippen molar-refractivity contribution in [1.82, 2.24) is 10.2 Å². The molecule has 0 aliphatic heterocycles. The van der Waals surface area contributed by atoms with Crippen molar-refractivity contribution in [3.05, 3.63) is 0 Å². The average Bonchev–Trinajstić information content (AvgIpc) is 2.18. The molecule has 1 aliphatic rings. The van der Waals surface area contributed by atoms with Crippen molar-refractivity contribution in [2.75, 3.05) is 20.6 Å². The lowest BCUT2D eigenvalue weighted by Gasteiger charge is -2.29. The quantitative estimate of drug-likeness (QED) is 0.690. The number of amides is 2. The molecule has 0 heterocycles. The van der Waals surface area contributed by atoms with Gasteiger partial charge in [-0.3, -0.25) is 0 Å². The molecule has 4 nitrogen and oxygen atoms in total. The highest BCUT2D eigenvalue weighted by Gasteiger charge is 2.22. The fourth-order valence-electron chi connectivity index (χ4n) is 1.94. The van der Waals surface area contributed by atoms with Crippen LogP contribution in [-0.4, -0.2) is 37.6 Å². The maximum absolute atomic E-state index is 11.4. The second-order valence-electron chi connectivity index (χ2n) is 4.31. The Bertz CT molecular complexity index is 194. The minimum absolute atomic E-state index is 0.00710. The first kappa shape index (κ1) is 11.3. The molecule has 3 N–H and O–H groups in total. The standard InChI is InChI=1S/C10H21N3O/c1-13(2)10(14)12-9-5-3-4-8(6-9)7-11/h8-9H,3-7,11H2,1-2H3,(H,12,14). The number of hydrogen-bond donors (Lipinski definition) is 2. The highest BCUT2D eigenvalue weighted by Crippen LogP contribution is 2.23. The van der Waals surface area contributed by atoms with Crippen LogP contribution in [0.15, 0.2) is 0 Å². The first-order valence-electron chi connectivity index (χ1n) is 5.31. The normalized spacial score (nSPS) is 27.1. The minimum Gasteiger partial charge on any atom is -0.335 e. The van der Waals surface area contributed by atoms with Crippen molar-refractivity contribution >= 4 is 6.03 Å². The van der Waals surface area contributed by atoms with Crippen LogP contribution in [0.1, 0.15) is 25.7 Å². The third kappa shape index (κ3) is 3.18. The van der Waals surface area contributed by atoms with Gasteiger partial charge in [0, 0.05) is 20.1 Å². The topological polar surface area (TPSA) is 58.4 Å². The van der Waals surface area contributed by atoms with Gasteiger partial charge < -0.3 is 16.0 Å². The van der Waals surface area contributed by atoms with Gasteiger partial charge in [0.1, 0.15) is 0 Å². The monoisotopic (exact) mass is 199 g/mol. The van der Waals surface area contributed by atoms with E-state index < -0.39 is 0 Å². The van der Waals surface area contributed by atoms with Crippen LogP contribution in [0, 0.1) is 5.92 Å². The molecule has 1 saturated carbocycles. The summed E-state index contributed by atoms with van der Waals surface area (Å²) in [7, 11) is 3.52. The summed E-state index contributed by atoms with van der Waals surface area (Å²) < 4.78 is 0. The Hall–Kier alpha value is -0.770. The Balaban J connectivity index is 2.34. The molecule has 2 amide bonds. The fraction of sp³-hybridized carbons (Fsp3) is 0.900. The van der Waals surface area contributed by atoms with E-state index in [4.69, 9.17) is 5.73 Å². The molecule has 1 fully saturated rings. The van der Waals surface area contributed by atoms with Gasteiger partial charge in [-0.15, -0.1) is 0 Å². The number of nitrogens with one attached hydrogen (secondary N) is 1. The van der Waals surface area contributed by atoms with Crippen molar-refractivity contribution in [3.8, 4) is 0 Å². The third-order valence-corrected chi connectivity index (χ3v) is 2.85. The summed E-state index contributed by atoms with van der Waals surface area (Å²) in [4.78, 5) is 13.0. The minimum atomic E-state index is 0.00710. The molecule has 4 heteroatoms. The zero-order chi connectivity index (χ0) is 10.6. The molecule has 0 radical (unpaired) electrons. The molecular weight excluding hydrogens is 178 g/mol. The van der Waals surface area contributed by atoms with E-state index in [0.29, 0.717) is 12.0 Å². The van der Waals surface area contributed by atoms with Crippen LogP contribution < -0.4 is 11.1 Å². The van der Waals surface area contributed by atoms with E-state index in [2.05, 4.69) is 5.32 Å². The van der Waals surface area contributed by atoms with E-state index in [-0.39, 0.29) is 6.03 Å². The molecule has 82 valence electrons. The summed E-state index contributed by atoms with van der Waals surface area (Å²) in [6.45, 7) is 0.744. The van der Waals surface area contributed by atoms with Gasteiger partial charge in [-0.1, -0.05) is 6.42 Å². The second kappa shape index (κ2) is 5.20. The number of nitrogens with two attached hydrogens (primary N) is 1. The third-order valence-electron chi connectivity index (χ3n) is 2.85. The molecule has 2 atom stereocenters. The van der Waals surface area contributed by atoms with Crippen LogP contribution in [0.5, 0.6) is 0 Å². The lowest BCUT2D eigenvalue weighted by molar-refractivity contribution is 0.203. The first-order chi connectivity index (χ1) is 6.63. The molecule has 1 rings (SSSR count). The summed E-state index contributed by atoms with van der Waals surface area (Å²) in [5.74, 6) is 0.594. The van der Waals surface area contributed by atoms with Gasteiger partial charge in [-0.25, -0.2) is 4.79 Å². The van der Waals surface area contributed by atoms with Gasteiger partial charge in [-0.2, -0.15) is 0 Å². The van der Waals surface area contributed by atoms with Crippen LogP contribution in [0.3, 0.4) is 0 Å². The lowest BCUT2D eigenvalue weighted by atomic mass is 9.86. The SMILES string of the molecule is CN(C)C(=O)NC1CCCC(CN)C1. The van der Waals surface area contributed by atoms with Crippen molar-refractivity contribution in [3.63, 3.8) is 0 Å². The predicted octanol–water partition coefficient (Wildman–Crippen LogP) is 0.775. The maximum Gasteiger partial charge on any atom is 0.317 e. The second-order valence-corrected chi connectivity index (χ2v) is 4.31. The zero-order valence-electron chi connectivity index (χ0n) is 9.12. The molecule has 0 bridgehead atoms. The Morgan fingerprint density at radius 1 is 1.50 bits per heavy atom. The highest BCUT2D eigenvalue weighted by atomic mass is 16.2. The van der Waals surface area contributed by atoms with E-state index in [9.17, 15) is 4.79 Å². The van der Waals surface area contributed by atoms with Crippen LogP contribution in [0.2, 0.25) is 0 Å². The summed E-state index contributed by atoms with van der Waals surface area (Å²) in [6, 6.07) is 0.333. The van der Waals surface area contributed by atoms with Crippen molar-refractivity contribution in [1.29, 1.82) is 0 Å². The summed E-state index contributed by atoms with van der Waals surface area (Å²) >= 11 is 0. The van der Waals surface area contributed by atoms with E-state index in [1.807, 2.05) is 0 Å². The number of nitrogens with zero attached hydrogens (tertiary/aromatic N) is 1. The number of carbonyl (C=O) groups is 1. The Morgan fingerprint density at radius 3 is 2.79 bits per heavy atom. The van der Waals surface area contributed by atoms with Crippen LogP contribution in [0.4, 0.5) is 4.79 Å². The molecule has 0 aromatic rings.